The molecular formula is C22H28N4O3. The number of hydrogen-bond donors (Lipinski definition) is 2. The smallest absolute Gasteiger partial charge is 0.226 e. The van der Waals surface area contributed by atoms with Gasteiger partial charge in [-0.15, -0.1) is 0 Å². The first kappa shape index (κ1) is 20.8. The molecule has 3 atom stereocenters. The van der Waals surface area contributed by atoms with Crippen LogP contribution < -0.4 is 15.5 Å². The summed E-state index contributed by atoms with van der Waals surface area (Å²) in [5.41, 5.74) is 1.52. The number of ether oxygens (including phenoxy) is 1. The third kappa shape index (κ3) is 6.02. The lowest BCUT2D eigenvalue weighted by atomic mass is 10.0. The second-order valence-electron chi connectivity index (χ2n) is 7.48. The van der Waals surface area contributed by atoms with Crippen LogP contribution in [0.2, 0.25) is 0 Å². The molecular weight excluding hydrogens is 368 g/mol. The average Bonchev–Trinajstić information content (AvgIpc) is 2.67. The molecule has 0 radical (unpaired) electrons. The molecule has 0 saturated carbocycles. The third-order valence-electron chi connectivity index (χ3n) is 4.74. The lowest BCUT2D eigenvalue weighted by molar-refractivity contribution is -0.120. The molecule has 1 aliphatic rings. The fourth-order valence-electron chi connectivity index (χ4n) is 3.59. The van der Waals surface area contributed by atoms with Crippen LogP contribution >= 0.6 is 0 Å². The zero-order valence-electron chi connectivity index (χ0n) is 17.1. The van der Waals surface area contributed by atoms with Crippen molar-refractivity contribution in [1.29, 1.82) is 0 Å². The summed E-state index contributed by atoms with van der Waals surface area (Å²) in [7, 11) is 0. The van der Waals surface area contributed by atoms with Crippen molar-refractivity contribution in [2.24, 2.45) is 0 Å². The number of hydrogen-bond acceptors (Lipinski definition) is 5. The van der Waals surface area contributed by atoms with Crippen LogP contribution in [-0.2, 0) is 14.3 Å². The fraction of sp³-hybridized carbons (Fsp3) is 0.409. The van der Waals surface area contributed by atoms with E-state index < -0.39 is 0 Å². The molecule has 7 nitrogen and oxygen atoms in total. The number of anilines is 2. The predicted octanol–water partition coefficient (Wildman–Crippen LogP) is 2.90. The Hall–Kier alpha value is -2.93. The van der Waals surface area contributed by atoms with Gasteiger partial charge in [0.15, 0.2) is 0 Å². The van der Waals surface area contributed by atoms with Crippen LogP contribution in [0.3, 0.4) is 0 Å². The van der Waals surface area contributed by atoms with Crippen molar-refractivity contribution in [2.45, 2.75) is 45.4 Å². The van der Waals surface area contributed by atoms with Gasteiger partial charge in [0.25, 0.3) is 0 Å². The van der Waals surface area contributed by atoms with Crippen LogP contribution in [0.1, 0.15) is 38.8 Å². The Bertz CT molecular complexity index is 816. The van der Waals surface area contributed by atoms with Gasteiger partial charge in [0, 0.05) is 20.0 Å². The molecule has 154 valence electrons. The van der Waals surface area contributed by atoms with Crippen LogP contribution in [0.25, 0.3) is 0 Å². The molecule has 3 unspecified atom stereocenters. The largest absolute Gasteiger partial charge is 0.372 e. The van der Waals surface area contributed by atoms with Crippen LogP contribution in [-0.4, -0.2) is 42.1 Å². The lowest BCUT2D eigenvalue weighted by Crippen LogP contribution is -2.45. The van der Waals surface area contributed by atoms with Gasteiger partial charge >= 0.3 is 0 Å². The maximum Gasteiger partial charge on any atom is 0.226 e. The molecule has 2 N–H and O–H groups in total. The minimum Gasteiger partial charge on any atom is -0.372 e. The summed E-state index contributed by atoms with van der Waals surface area (Å²) in [4.78, 5) is 30.8. The normalized spacial score (nSPS) is 20.0. The summed E-state index contributed by atoms with van der Waals surface area (Å²) in [6.45, 7) is 7.13. The molecule has 7 heteroatoms. The number of benzene rings is 1. The average molecular weight is 396 g/mol. The Morgan fingerprint density at radius 2 is 1.83 bits per heavy atom. The van der Waals surface area contributed by atoms with E-state index in [4.69, 9.17) is 4.74 Å². The third-order valence-corrected chi connectivity index (χ3v) is 4.74. The summed E-state index contributed by atoms with van der Waals surface area (Å²) in [6.07, 6.45) is 2.12. The van der Waals surface area contributed by atoms with Crippen molar-refractivity contribution in [3.8, 4) is 0 Å². The van der Waals surface area contributed by atoms with Gasteiger partial charge in [-0.1, -0.05) is 30.3 Å². The SMILES string of the molecule is CC(=O)NC(CC(=O)Nc1ccc(N2CC(C)OC(C)C2)nc1)c1ccccc1. The zero-order valence-corrected chi connectivity index (χ0v) is 17.1. The number of rotatable bonds is 6. The molecule has 3 rings (SSSR count). The Labute approximate surface area is 171 Å². The molecule has 1 saturated heterocycles. The maximum absolute atomic E-state index is 12.5. The monoisotopic (exact) mass is 396 g/mol. The highest BCUT2D eigenvalue weighted by molar-refractivity contribution is 5.91. The summed E-state index contributed by atoms with van der Waals surface area (Å²) >= 11 is 0. The molecule has 0 bridgehead atoms. The van der Waals surface area contributed by atoms with Gasteiger partial charge in [-0.3, -0.25) is 9.59 Å². The van der Waals surface area contributed by atoms with Crippen molar-refractivity contribution in [1.82, 2.24) is 10.3 Å². The Balaban J connectivity index is 1.61. The number of amides is 2. The lowest BCUT2D eigenvalue weighted by Gasteiger charge is -2.36. The highest BCUT2D eigenvalue weighted by Gasteiger charge is 2.23. The predicted molar refractivity (Wildman–Crippen MR) is 113 cm³/mol. The molecule has 1 aliphatic heterocycles. The summed E-state index contributed by atoms with van der Waals surface area (Å²) in [5, 5.41) is 5.71. The molecule has 0 aliphatic carbocycles. The fourth-order valence-corrected chi connectivity index (χ4v) is 3.59. The first-order chi connectivity index (χ1) is 13.9. The first-order valence-corrected chi connectivity index (χ1v) is 9.89. The van der Waals surface area contributed by atoms with E-state index in [0.29, 0.717) is 5.69 Å². The van der Waals surface area contributed by atoms with E-state index in [-0.39, 0.29) is 36.5 Å². The van der Waals surface area contributed by atoms with E-state index in [0.717, 1.165) is 24.5 Å². The number of carbonyl (C=O) groups is 2. The highest BCUT2D eigenvalue weighted by Crippen LogP contribution is 2.21. The summed E-state index contributed by atoms with van der Waals surface area (Å²) < 4.78 is 5.76. The maximum atomic E-state index is 12.5. The zero-order chi connectivity index (χ0) is 20.8. The van der Waals surface area contributed by atoms with Gasteiger partial charge in [-0.25, -0.2) is 4.98 Å². The van der Waals surface area contributed by atoms with Gasteiger partial charge in [0.1, 0.15) is 5.82 Å². The van der Waals surface area contributed by atoms with Crippen molar-refractivity contribution >= 4 is 23.3 Å². The van der Waals surface area contributed by atoms with Crippen LogP contribution in [0.4, 0.5) is 11.5 Å². The number of pyridine rings is 1. The Kier molecular flexibility index (Phi) is 6.82. The standard InChI is InChI=1S/C22H28N4O3/c1-15-13-26(14-16(2)29-15)21-10-9-19(12-23-21)25-22(28)11-20(24-17(3)27)18-7-5-4-6-8-18/h4-10,12,15-16,20H,11,13-14H2,1-3H3,(H,24,27)(H,25,28). The molecule has 2 aromatic rings. The number of morpholine rings is 1. The van der Waals surface area contributed by atoms with Crippen LogP contribution in [0.15, 0.2) is 48.7 Å². The van der Waals surface area contributed by atoms with Crippen molar-refractivity contribution in [2.75, 3.05) is 23.3 Å². The summed E-state index contributed by atoms with van der Waals surface area (Å²) in [5.74, 6) is 0.507. The van der Waals surface area contributed by atoms with E-state index in [2.05, 4.69) is 34.4 Å². The molecule has 2 heterocycles. The van der Waals surface area contributed by atoms with Gasteiger partial charge in [-0.05, 0) is 31.5 Å². The second-order valence-corrected chi connectivity index (χ2v) is 7.48. The molecule has 2 amide bonds. The van der Waals surface area contributed by atoms with E-state index in [9.17, 15) is 9.59 Å². The van der Waals surface area contributed by atoms with Gasteiger partial charge in [0.2, 0.25) is 11.8 Å². The first-order valence-electron chi connectivity index (χ1n) is 9.89. The Morgan fingerprint density at radius 3 is 2.41 bits per heavy atom. The number of nitrogens with one attached hydrogen (secondary N) is 2. The van der Waals surface area contributed by atoms with Crippen LogP contribution in [0, 0.1) is 0 Å². The minimum atomic E-state index is -0.378. The topological polar surface area (TPSA) is 83.6 Å². The minimum absolute atomic E-state index is 0.143. The van der Waals surface area contributed by atoms with Gasteiger partial charge < -0.3 is 20.3 Å². The highest BCUT2D eigenvalue weighted by atomic mass is 16.5. The number of carbonyl (C=O) groups excluding carboxylic acids is 2. The quantitative estimate of drug-likeness (QED) is 0.784. The molecule has 0 spiro atoms. The van der Waals surface area contributed by atoms with E-state index in [1.54, 1.807) is 6.20 Å². The number of nitrogens with zero attached hydrogens (tertiary/aromatic N) is 2. The van der Waals surface area contributed by atoms with Gasteiger partial charge in [-0.2, -0.15) is 0 Å². The van der Waals surface area contributed by atoms with E-state index in [1.165, 1.54) is 6.92 Å². The Morgan fingerprint density at radius 1 is 1.14 bits per heavy atom. The molecule has 1 fully saturated rings. The molecule has 1 aromatic carbocycles. The second kappa shape index (κ2) is 9.52. The molecule has 1 aromatic heterocycles. The van der Waals surface area contributed by atoms with E-state index in [1.807, 2.05) is 42.5 Å². The van der Waals surface area contributed by atoms with Crippen molar-refractivity contribution in [3.05, 3.63) is 54.2 Å². The van der Waals surface area contributed by atoms with Crippen molar-refractivity contribution < 1.29 is 14.3 Å². The molecule has 29 heavy (non-hydrogen) atoms. The number of aromatic nitrogens is 1. The van der Waals surface area contributed by atoms with Gasteiger partial charge in [0.05, 0.1) is 36.6 Å². The van der Waals surface area contributed by atoms with Crippen molar-refractivity contribution in [3.63, 3.8) is 0 Å². The van der Waals surface area contributed by atoms with Crippen LogP contribution in [0.5, 0.6) is 0 Å². The summed E-state index contributed by atoms with van der Waals surface area (Å²) in [6, 6.07) is 12.8. The van der Waals surface area contributed by atoms with E-state index >= 15 is 0 Å².